The fraction of sp³-hybridized carbons (Fsp3) is 0.278. The van der Waals surface area contributed by atoms with Gasteiger partial charge in [-0.15, -0.1) is 0 Å². The molecule has 2 aromatic rings. The van der Waals surface area contributed by atoms with E-state index in [-0.39, 0.29) is 40.9 Å². The first-order valence-corrected chi connectivity index (χ1v) is 10.3. The Morgan fingerprint density at radius 3 is 2.72 bits per heavy atom. The molecule has 3 rings (SSSR count). The van der Waals surface area contributed by atoms with E-state index >= 15 is 0 Å². The van der Waals surface area contributed by atoms with Gasteiger partial charge in [0.1, 0.15) is 23.2 Å². The van der Waals surface area contributed by atoms with Crippen LogP contribution in [-0.2, 0) is 15.4 Å². The fourth-order valence-corrected chi connectivity index (χ4v) is 4.30. The lowest BCUT2D eigenvalue weighted by Gasteiger charge is -2.25. The Labute approximate surface area is 165 Å². The van der Waals surface area contributed by atoms with Crippen molar-refractivity contribution in [1.82, 2.24) is 4.98 Å². The number of sulfone groups is 1. The van der Waals surface area contributed by atoms with Crippen LogP contribution in [-0.4, -0.2) is 36.8 Å². The second-order valence-electron chi connectivity index (χ2n) is 6.74. The summed E-state index contributed by atoms with van der Waals surface area (Å²) < 4.78 is 56.2. The maximum Gasteiger partial charge on any atom is 0.418 e. The van der Waals surface area contributed by atoms with Crippen LogP contribution in [0.3, 0.4) is 0 Å². The van der Waals surface area contributed by atoms with Gasteiger partial charge in [-0.25, -0.2) is 27.0 Å². The van der Waals surface area contributed by atoms with Crippen LogP contribution in [0.15, 0.2) is 41.5 Å². The van der Waals surface area contributed by atoms with E-state index in [0.29, 0.717) is 0 Å². The van der Waals surface area contributed by atoms with Crippen molar-refractivity contribution in [2.45, 2.75) is 18.9 Å². The Morgan fingerprint density at radius 2 is 2.03 bits per heavy atom. The summed E-state index contributed by atoms with van der Waals surface area (Å²) in [6, 6.07) is 6.02. The van der Waals surface area contributed by atoms with Crippen LogP contribution in [0.4, 0.5) is 19.3 Å². The van der Waals surface area contributed by atoms with Crippen molar-refractivity contribution in [3.63, 3.8) is 0 Å². The number of benzene rings is 1. The zero-order valence-corrected chi connectivity index (χ0v) is 16.2. The number of hydrogen-bond acceptors (Lipinski definition) is 7. The fourth-order valence-electron chi connectivity index (χ4n) is 2.93. The molecule has 1 amide bonds. The number of nitrogens with zero attached hydrogens (tertiary/aromatic N) is 2. The van der Waals surface area contributed by atoms with Crippen LogP contribution < -0.4 is 15.8 Å². The monoisotopic (exact) mass is 424 g/mol. The van der Waals surface area contributed by atoms with Gasteiger partial charge < -0.3 is 10.5 Å². The largest absolute Gasteiger partial charge is 0.418 e. The molecule has 1 aromatic heterocycles. The zero-order valence-electron chi connectivity index (χ0n) is 15.4. The third-order valence-corrected chi connectivity index (χ3v) is 5.91. The molecule has 0 saturated carbocycles. The summed E-state index contributed by atoms with van der Waals surface area (Å²) >= 11 is 0. The number of nitrogens with one attached hydrogen (secondary N) is 1. The number of amides is 1. The lowest BCUT2D eigenvalue weighted by Crippen LogP contribution is -2.26. The minimum atomic E-state index is -3.43. The molecule has 1 atom stereocenters. The number of ether oxygens (including phenoxy) is 1. The predicted octanol–water partition coefficient (Wildman–Crippen LogP) is 2.36. The van der Waals surface area contributed by atoms with E-state index in [1.165, 1.54) is 18.2 Å². The normalized spacial score (nSPS) is 21.0. The molecule has 1 aliphatic heterocycles. The lowest BCUT2D eigenvalue weighted by molar-refractivity contribution is 0.213. The minimum Gasteiger partial charge on any atom is -0.391 e. The summed E-state index contributed by atoms with van der Waals surface area (Å²) in [5, 5.41) is 2.41. The highest BCUT2D eigenvalue weighted by molar-refractivity contribution is 7.92. The first-order valence-electron chi connectivity index (χ1n) is 8.51. The van der Waals surface area contributed by atoms with Gasteiger partial charge >= 0.3 is 6.09 Å². The minimum absolute atomic E-state index is 0.0281. The number of hydrogen-bond donors (Lipinski definition) is 2. The summed E-state index contributed by atoms with van der Waals surface area (Å²) in [6.45, 7) is 1.57. The van der Waals surface area contributed by atoms with E-state index in [4.69, 9.17) is 10.5 Å². The average Bonchev–Trinajstić information content (AvgIpc) is 2.73. The molecule has 0 aliphatic carbocycles. The third-order valence-electron chi connectivity index (χ3n) is 4.35. The van der Waals surface area contributed by atoms with Crippen molar-refractivity contribution < 1.29 is 26.7 Å². The van der Waals surface area contributed by atoms with Gasteiger partial charge in [-0.05, 0) is 37.6 Å². The molecular formula is C18H18F2N4O4S. The average molecular weight is 424 g/mol. The van der Waals surface area contributed by atoms with Crippen molar-refractivity contribution in [1.29, 1.82) is 0 Å². The van der Waals surface area contributed by atoms with Crippen molar-refractivity contribution in [3.05, 3.63) is 53.7 Å². The molecule has 3 N–H and O–H groups in total. The summed E-state index contributed by atoms with van der Waals surface area (Å²) in [5.74, 6) is -2.03. The van der Waals surface area contributed by atoms with Crippen LogP contribution in [0.1, 0.15) is 18.9 Å². The molecule has 0 fully saturated rings. The molecule has 0 radical (unpaired) electrons. The number of anilines is 1. The lowest BCUT2D eigenvalue weighted by atomic mass is 9.89. The van der Waals surface area contributed by atoms with Crippen molar-refractivity contribution >= 4 is 27.5 Å². The van der Waals surface area contributed by atoms with E-state index in [2.05, 4.69) is 15.3 Å². The summed E-state index contributed by atoms with van der Waals surface area (Å²) in [4.78, 5) is 19.8. The van der Waals surface area contributed by atoms with Gasteiger partial charge in [0, 0.05) is 17.3 Å². The molecule has 154 valence electrons. The molecule has 0 bridgehead atoms. The van der Waals surface area contributed by atoms with Crippen LogP contribution in [0.5, 0.6) is 5.88 Å². The molecule has 11 heteroatoms. The second-order valence-corrected chi connectivity index (χ2v) is 8.93. The number of amidine groups is 1. The van der Waals surface area contributed by atoms with Crippen molar-refractivity contribution in [2.24, 2.45) is 10.7 Å². The highest BCUT2D eigenvalue weighted by Gasteiger charge is 2.34. The van der Waals surface area contributed by atoms with Crippen LogP contribution in [0.2, 0.25) is 0 Å². The quantitative estimate of drug-likeness (QED) is 0.780. The SMILES string of the molecule is C[C@@]1(c2cc(NC(=O)Oc3ccc(F)cn3)ccc2F)CCS(=O)(=O)CC(N)=N1. The number of aromatic nitrogens is 1. The number of nitrogens with two attached hydrogens (primary N) is 1. The number of aliphatic imine (C=N–C) groups is 1. The first-order chi connectivity index (χ1) is 13.6. The van der Waals surface area contributed by atoms with E-state index in [9.17, 15) is 22.0 Å². The van der Waals surface area contributed by atoms with Crippen LogP contribution >= 0.6 is 0 Å². The molecule has 1 aromatic carbocycles. The molecule has 8 nitrogen and oxygen atoms in total. The molecule has 29 heavy (non-hydrogen) atoms. The van der Waals surface area contributed by atoms with Crippen molar-refractivity contribution in [2.75, 3.05) is 16.8 Å². The number of halogens is 2. The number of rotatable bonds is 3. The molecular weight excluding hydrogens is 406 g/mol. The van der Waals surface area contributed by atoms with E-state index in [0.717, 1.165) is 18.3 Å². The Kier molecular flexibility index (Phi) is 5.51. The summed E-state index contributed by atoms with van der Waals surface area (Å²) in [6.07, 6.45) is 0.000710. The summed E-state index contributed by atoms with van der Waals surface area (Å²) in [5.41, 5.74) is 4.76. The highest BCUT2D eigenvalue weighted by Crippen LogP contribution is 2.35. The van der Waals surface area contributed by atoms with E-state index < -0.39 is 33.1 Å². The van der Waals surface area contributed by atoms with Gasteiger partial charge in [-0.1, -0.05) is 0 Å². The Morgan fingerprint density at radius 1 is 1.28 bits per heavy atom. The third kappa shape index (κ3) is 5.05. The molecule has 2 heterocycles. The van der Waals surface area contributed by atoms with Gasteiger partial charge in [0.25, 0.3) is 0 Å². The Hall–Kier alpha value is -3.08. The molecule has 1 aliphatic rings. The van der Waals surface area contributed by atoms with Gasteiger partial charge in [0.15, 0.2) is 9.84 Å². The van der Waals surface area contributed by atoms with Crippen LogP contribution in [0, 0.1) is 11.6 Å². The van der Waals surface area contributed by atoms with E-state index in [1.54, 1.807) is 6.92 Å². The Balaban J connectivity index is 1.83. The first kappa shape index (κ1) is 20.6. The molecule has 0 spiro atoms. The number of pyridine rings is 1. The van der Waals surface area contributed by atoms with E-state index in [1.807, 2.05) is 0 Å². The van der Waals surface area contributed by atoms with Gasteiger partial charge in [0.05, 0.1) is 17.5 Å². The maximum atomic E-state index is 14.5. The van der Waals surface area contributed by atoms with Gasteiger partial charge in [-0.2, -0.15) is 0 Å². The zero-order chi connectivity index (χ0) is 21.2. The predicted molar refractivity (Wildman–Crippen MR) is 102 cm³/mol. The maximum absolute atomic E-state index is 14.5. The smallest absolute Gasteiger partial charge is 0.391 e. The number of carbonyl (C=O) groups is 1. The second kappa shape index (κ2) is 7.74. The summed E-state index contributed by atoms with van der Waals surface area (Å²) in [7, 11) is -3.43. The van der Waals surface area contributed by atoms with Gasteiger partial charge in [0.2, 0.25) is 5.88 Å². The highest BCUT2D eigenvalue weighted by atomic mass is 32.2. The van der Waals surface area contributed by atoms with Gasteiger partial charge in [-0.3, -0.25) is 10.3 Å². The Bertz CT molecular complexity index is 1070. The topological polar surface area (TPSA) is 124 Å². The van der Waals surface area contributed by atoms with Crippen molar-refractivity contribution in [3.8, 4) is 5.88 Å². The number of carbonyl (C=O) groups excluding carboxylic acids is 1. The standard InChI is InChI=1S/C18H18F2N4O4S/c1-18(6-7-29(26,27)10-15(21)24-18)13-8-12(3-4-14(13)20)23-17(25)28-16-5-2-11(19)9-22-16/h2-5,8-9H,6-7,10H2,1H3,(H2,21,24)(H,23,25)/t18-/m0/s1. The molecule has 0 unspecified atom stereocenters. The van der Waals surface area contributed by atoms with Crippen LogP contribution in [0.25, 0.3) is 0 Å². The molecule has 0 saturated heterocycles.